The molecule has 1 aliphatic heterocycles. The van der Waals surface area contributed by atoms with E-state index in [4.69, 9.17) is 0 Å². The van der Waals surface area contributed by atoms with E-state index in [1.165, 1.54) is 5.69 Å². The molecule has 1 saturated heterocycles. The molecule has 0 bridgehead atoms. The molecule has 1 heterocycles. The second-order valence-corrected chi connectivity index (χ2v) is 6.10. The van der Waals surface area contributed by atoms with Crippen LogP contribution in [0.1, 0.15) is 26.7 Å². The number of amides is 1. The predicted octanol–water partition coefficient (Wildman–Crippen LogP) is 2.11. The van der Waals surface area contributed by atoms with Crippen molar-refractivity contribution in [3.05, 3.63) is 30.3 Å². The van der Waals surface area contributed by atoms with Crippen LogP contribution < -0.4 is 10.2 Å². The minimum atomic E-state index is 0.0249. The molecule has 21 heavy (non-hydrogen) atoms. The van der Waals surface area contributed by atoms with Crippen molar-refractivity contribution in [2.24, 2.45) is 0 Å². The SMILES string of the molecule is CC(C)NC1CCN(CCCN(C)c2ccccc2)C1=O. The zero-order valence-corrected chi connectivity index (χ0v) is 13.4. The Labute approximate surface area is 128 Å². The maximum Gasteiger partial charge on any atom is 0.239 e. The summed E-state index contributed by atoms with van der Waals surface area (Å²) in [5, 5.41) is 3.34. The molecule has 0 saturated carbocycles. The van der Waals surface area contributed by atoms with Gasteiger partial charge in [0.05, 0.1) is 6.04 Å². The number of anilines is 1. The molecule has 1 N–H and O–H groups in total. The maximum absolute atomic E-state index is 12.2. The van der Waals surface area contributed by atoms with Crippen LogP contribution >= 0.6 is 0 Å². The number of carbonyl (C=O) groups is 1. The summed E-state index contributed by atoms with van der Waals surface area (Å²) in [5.74, 6) is 0.270. The minimum Gasteiger partial charge on any atom is -0.375 e. The molecular formula is C17H27N3O. The van der Waals surface area contributed by atoms with Crippen molar-refractivity contribution in [1.82, 2.24) is 10.2 Å². The molecule has 1 aromatic carbocycles. The fraction of sp³-hybridized carbons (Fsp3) is 0.588. The lowest BCUT2D eigenvalue weighted by molar-refractivity contribution is -0.129. The molecule has 1 aromatic rings. The Hall–Kier alpha value is -1.55. The lowest BCUT2D eigenvalue weighted by atomic mass is 10.2. The fourth-order valence-electron chi connectivity index (χ4n) is 2.83. The van der Waals surface area contributed by atoms with Crippen LogP contribution in [0, 0.1) is 0 Å². The average Bonchev–Trinajstić information content (AvgIpc) is 2.80. The number of likely N-dealkylation sites (tertiary alicyclic amines) is 1. The summed E-state index contributed by atoms with van der Waals surface area (Å²) in [6.07, 6.45) is 1.94. The van der Waals surface area contributed by atoms with Crippen molar-refractivity contribution in [2.45, 2.75) is 38.8 Å². The van der Waals surface area contributed by atoms with Gasteiger partial charge in [0.25, 0.3) is 0 Å². The van der Waals surface area contributed by atoms with E-state index in [1.807, 2.05) is 11.0 Å². The minimum absolute atomic E-state index is 0.0249. The highest BCUT2D eigenvalue weighted by molar-refractivity contribution is 5.84. The number of benzene rings is 1. The molecule has 4 heteroatoms. The topological polar surface area (TPSA) is 35.6 Å². The van der Waals surface area contributed by atoms with Crippen molar-refractivity contribution in [3.63, 3.8) is 0 Å². The van der Waals surface area contributed by atoms with E-state index in [2.05, 4.69) is 55.4 Å². The molecule has 1 amide bonds. The van der Waals surface area contributed by atoms with Gasteiger partial charge in [-0.3, -0.25) is 4.79 Å². The summed E-state index contributed by atoms with van der Waals surface area (Å²) < 4.78 is 0. The summed E-state index contributed by atoms with van der Waals surface area (Å²) in [5.41, 5.74) is 1.23. The van der Waals surface area contributed by atoms with Crippen LogP contribution in [0.5, 0.6) is 0 Å². The molecule has 0 aromatic heterocycles. The van der Waals surface area contributed by atoms with Gasteiger partial charge in [-0.25, -0.2) is 0 Å². The van der Waals surface area contributed by atoms with Gasteiger partial charge in [-0.15, -0.1) is 0 Å². The number of para-hydroxylation sites is 1. The van der Waals surface area contributed by atoms with Crippen molar-refractivity contribution >= 4 is 11.6 Å². The molecule has 2 rings (SSSR count). The summed E-state index contributed by atoms with van der Waals surface area (Å²) in [7, 11) is 2.10. The van der Waals surface area contributed by atoms with Gasteiger partial charge in [0, 0.05) is 38.4 Å². The molecular weight excluding hydrogens is 262 g/mol. The summed E-state index contributed by atoms with van der Waals surface area (Å²) in [6.45, 7) is 6.89. The first kappa shape index (κ1) is 15.8. The highest BCUT2D eigenvalue weighted by Crippen LogP contribution is 2.14. The Kier molecular flexibility index (Phi) is 5.62. The maximum atomic E-state index is 12.2. The van der Waals surface area contributed by atoms with Gasteiger partial charge < -0.3 is 15.1 Å². The predicted molar refractivity (Wildman–Crippen MR) is 87.6 cm³/mol. The number of nitrogens with zero attached hydrogens (tertiary/aromatic N) is 2. The molecule has 1 fully saturated rings. The Bertz CT molecular complexity index is 447. The first-order chi connectivity index (χ1) is 10.1. The van der Waals surface area contributed by atoms with Gasteiger partial charge in [0.15, 0.2) is 0 Å². The normalized spacial score (nSPS) is 18.6. The molecule has 116 valence electrons. The summed E-state index contributed by atoms with van der Waals surface area (Å²) in [4.78, 5) is 16.5. The van der Waals surface area contributed by atoms with Crippen molar-refractivity contribution in [3.8, 4) is 0 Å². The molecule has 1 atom stereocenters. The molecule has 0 spiro atoms. The third kappa shape index (κ3) is 4.46. The van der Waals surface area contributed by atoms with Crippen LogP contribution in [0.4, 0.5) is 5.69 Å². The number of carbonyl (C=O) groups excluding carboxylic acids is 1. The van der Waals surface area contributed by atoms with E-state index < -0.39 is 0 Å². The van der Waals surface area contributed by atoms with Crippen molar-refractivity contribution < 1.29 is 4.79 Å². The Morgan fingerprint density at radius 1 is 1.33 bits per heavy atom. The fourth-order valence-corrected chi connectivity index (χ4v) is 2.83. The Morgan fingerprint density at radius 3 is 2.71 bits per heavy atom. The molecule has 1 unspecified atom stereocenters. The third-order valence-corrected chi connectivity index (χ3v) is 3.95. The summed E-state index contributed by atoms with van der Waals surface area (Å²) in [6, 6.07) is 10.8. The largest absolute Gasteiger partial charge is 0.375 e. The van der Waals surface area contributed by atoms with Gasteiger partial charge in [-0.05, 0) is 25.0 Å². The number of nitrogens with one attached hydrogen (secondary N) is 1. The summed E-state index contributed by atoms with van der Waals surface area (Å²) >= 11 is 0. The molecule has 0 radical (unpaired) electrons. The highest BCUT2D eigenvalue weighted by atomic mass is 16.2. The van der Waals surface area contributed by atoms with Gasteiger partial charge in [-0.2, -0.15) is 0 Å². The molecule has 0 aliphatic carbocycles. The first-order valence-electron chi connectivity index (χ1n) is 7.89. The second kappa shape index (κ2) is 7.46. The smallest absolute Gasteiger partial charge is 0.239 e. The lowest BCUT2D eigenvalue weighted by Crippen LogP contribution is -2.42. The highest BCUT2D eigenvalue weighted by Gasteiger charge is 2.31. The zero-order chi connectivity index (χ0) is 15.2. The number of rotatable bonds is 7. The van der Waals surface area contributed by atoms with Crippen LogP contribution in [-0.4, -0.2) is 49.6 Å². The van der Waals surface area contributed by atoms with Gasteiger partial charge in [0.2, 0.25) is 5.91 Å². The van der Waals surface area contributed by atoms with Gasteiger partial charge in [-0.1, -0.05) is 32.0 Å². The van der Waals surface area contributed by atoms with Crippen molar-refractivity contribution in [2.75, 3.05) is 31.6 Å². The van der Waals surface area contributed by atoms with Crippen LogP contribution in [0.25, 0.3) is 0 Å². The van der Waals surface area contributed by atoms with Crippen LogP contribution in [-0.2, 0) is 4.79 Å². The second-order valence-electron chi connectivity index (χ2n) is 6.10. The van der Waals surface area contributed by atoms with Crippen LogP contribution in [0.3, 0.4) is 0 Å². The number of hydrogen-bond acceptors (Lipinski definition) is 3. The first-order valence-corrected chi connectivity index (χ1v) is 7.89. The van der Waals surface area contributed by atoms with E-state index in [0.29, 0.717) is 6.04 Å². The third-order valence-electron chi connectivity index (χ3n) is 3.95. The monoisotopic (exact) mass is 289 g/mol. The number of hydrogen-bond donors (Lipinski definition) is 1. The van der Waals surface area contributed by atoms with Gasteiger partial charge >= 0.3 is 0 Å². The molecule has 1 aliphatic rings. The van der Waals surface area contributed by atoms with Gasteiger partial charge in [0.1, 0.15) is 0 Å². The average molecular weight is 289 g/mol. The van der Waals surface area contributed by atoms with E-state index in [9.17, 15) is 4.79 Å². The lowest BCUT2D eigenvalue weighted by Gasteiger charge is -2.22. The van der Waals surface area contributed by atoms with Crippen LogP contribution in [0.2, 0.25) is 0 Å². The standard InChI is InChI=1S/C17H27N3O/c1-14(2)18-16-10-13-20(17(16)21)12-7-11-19(3)15-8-5-4-6-9-15/h4-6,8-9,14,16,18H,7,10-13H2,1-3H3. The zero-order valence-electron chi connectivity index (χ0n) is 13.4. The van der Waals surface area contributed by atoms with Crippen LogP contribution in [0.15, 0.2) is 30.3 Å². The molecule has 4 nitrogen and oxygen atoms in total. The quantitative estimate of drug-likeness (QED) is 0.835. The Morgan fingerprint density at radius 2 is 2.05 bits per heavy atom. The van der Waals surface area contributed by atoms with E-state index >= 15 is 0 Å². The van der Waals surface area contributed by atoms with E-state index in [1.54, 1.807) is 0 Å². The Balaban J connectivity index is 1.73. The van der Waals surface area contributed by atoms with E-state index in [-0.39, 0.29) is 11.9 Å². The van der Waals surface area contributed by atoms with Crippen molar-refractivity contribution in [1.29, 1.82) is 0 Å². The van der Waals surface area contributed by atoms with E-state index in [0.717, 1.165) is 32.5 Å².